The SMILES string of the molecule is CC(=O)N[C@H]1[C@H]([C@H](O)[C@H](O)CO)OC(C(=O)[O-])=C[C@@H]1n1nncc1-c1ccccc1.[Na+]. The quantitative estimate of drug-likeness (QED) is 0.307. The zero-order chi connectivity index (χ0) is 21.8. The van der Waals surface area contributed by atoms with Crippen molar-refractivity contribution in [1.82, 2.24) is 20.3 Å². The Morgan fingerprint density at radius 2 is 1.97 bits per heavy atom. The molecule has 1 aliphatic rings. The number of rotatable bonds is 7. The summed E-state index contributed by atoms with van der Waals surface area (Å²) in [6.07, 6.45) is -2.13. The van der Waals surface area contributed by atoms with Gasteiger partial charge in [0.2, 0.25) is 5.91 Å². The Kier molecular flexibility index (Phi) is 8.74. The molecule has 0 radical (unpaired) electrons. The number of aliphatic hydroxyl groups is 3. The first-order valence-electron chi connectivity index (χ1n) is 9.13. The number of carboxylic acid groups (broad SMARTS) is 1. The number of carbonyl (C=O) groups excluding carboxylic acids is 2. The number of ether oxygens (including phenoxy) is 1. The number of aliphatic hydroxyl groups excluding tert-OH is 3. The fourth-order valence-corrected chi connectivity index (χ4v) is 3.34. The minimum Gasteiger partial charge on any atom is -0.542 e. The van der Waals surface area contributed by atoms with E-state index in [0.717, 1.165) is 5.56 Å². The number of benzene rings is 1. The molecule has 31 heavy (non-hydrogen) atoms. The van der Waals surface area contributed by atoms with E-state index in [1.807, 2.05) is 6.07 Å². The molecule has 0 saturated carbocycles. The van der Waals surface area contributed by atoms with Crippen molar-refractivity contribution in [1.29, 1.82) is 0 Å². The van der Waals surface area contributed by atoms with Gasteiger partial charge in [-0.3, -0.25) is 4.79 Å². The van der Waals surface area contributed by atoms with E-state index < -0.39 is 54.6 Å². The first-order chi connectivity index (χ1) is 14.3. The van der Waals surface area contributed by atoms with Crippen molar-refractivity contribution in [3.8, 4) is 11.3 Å². The van der Waals surface area contributed by atoms with E-state index >= 15 is 0 Å². The molecule has 4 N–H and O–H groups in total. The number of aliphatic carboxylic acids is 1. The summed E-state index contributed by atoms with van der Waals surface area (Å²) in [7, 11) is 0. The Balaban J connectivity index is 0.00000341. The van der Waals surface area contributed by atoms with Crippen LogP contribution < -0.4 is 40.0 Å². The van der Waals surface area contributed by atoms with Crippen LogP contribution in [0.4, 0.5) is 0 Å². The van der Waals surface area contributed by atoms with Gasteiger partial charge in [-0.2, -0.15) is 0 Å². The number of aromatic nitrogens is 3. The van der Waals surface area contributed by atoms with E-state index in [9.17, 15) is 30.0 Å². The Labute approximate surface area is 199 Å². The first kappa shape index (κ1) is 25.0. The van der Waals surface area contributed by atoms with Crippen LogP contribution in [0.2, 0.25) is 0 Å². The van der Waals surface area contributed by atoms with Crippen LogP contribution in [0.1, 0.15) is 13.0 Å². The molecule has 2 aromatic rings. The van der Waals surface area contributed by atoms with Crippen LogP contribution in [0.3, 0.4) is 0 Å². The summed E-state index contributed by atoms with van der Waals surface area (Å²) < 4.78 is 6.70. The summed E-state index contributed by atoms with van der Waals surface area (Å²) in [6.45, 7) is 0.432. The Bertz CT molecular complexity index is 936. The maximum absolute atomic E-state index is 11.9. The van der Waals surface area contributed by atoms with Crippen molar-refractivity contribution in [3.63, 3.8) is 0 Å². The monoisotopic (exact) mass is 440 g/mol. The third-order valence-corrected chi connectivity index (χ3v) is 4.72. The summed E-state index contributed by atoms with van der Waals surface area (Å²) >= 11 is 0. The molecule has 2 heterocycles. The van der Waals surface area contributed by atoms with Gasteiger partial charge in [-0.1, -0.05) is 35.5 Å². The van der Waals surface area contributed by atoms with Crippen LogP contribution in [0.15, 0.2) is 48.4 Å². The molecule has 0 bridgehead atoms. The normalized spacial score (nSPS) is 22.3. The smallest absolute Gasteiger partial charge is 0.542 e. The standard InChI is InChI=1S/C19H22N4O7.Na/c1-10(25)21-16-12(23-13(8-20-22-23)11-5-3-2-4-6-11)7-15(19(28)29)30-18(16)17(27)14(26)9-24;/h2-8,12,14,16-18,24,26-27H,9H2,1H3,(H,21,25)(H,28,29);/q;+1/p-1/t12-,14+,16+,17+,18+;/m0./s1. The molecule has 1 amide bonds. The molecule has 1 aromatic heterocycles. The molecule has 1 aromatic carbocycles. The van der Waals surface area contributed by atoms with Gasteiger partial charge in [0.1, 0.15) is 36.1 Å². The Morgan fingerprint density at radius 1 is 1.29 bits per heavy atom. The van der Waals surface area contributed by atoms with Gasteiger partial charge in [0.05, 0.1) is 24.5 Å². The number of hydrogen-bond acceptors (Lipinski definition) is 9. The van der Waals surface area contributed by atoms with Crippen LogP contribution in [-0.2, 0) is 14.3 Å². The second kappa shape index (κ2) is 10.8. The summed E-state index contributed by atoms with van der Waals surface area (Å²) in [5.74, 6) is -2.75. The van der Waals surface area contributed by atoms with Crippen LogP contribution in [0.25, 0.3) is 11.3 Å². The van der Waals surface area contributed by atoms with Gasteiger partial charge in [0.25, 0.3) is 0 Å². The largest absolute Gasteiger partial charge is 1.00 e. The maximum Gasteiger partial charge on any atom is 1.00 e. The Hall–Kier alpha value is -2.28. The Morgan fingerprint density at radius 3 is 2.55 bits per heavy atom. The molecule has 160 valence electrons. The van der Waals surface area contributed by atoms with E-state index in [-0.39, 0.29) is 29.6 Å². The molecule has 1 aliphatic heterocycles. The fraction of sp³-hybridized carbons (Fsp3) is 0.368. The number of nitrogens with zero attached hydrogens (tertiary/aromatic N) is 3. The summed E-state index contributed by atoms with van der Waals surface area (Å²) in [5.41, 5.74) is 1.24. The van der Waals surface area contributed by atoms with Gasteiger partial charge in [-0.15, -0.1) is 5.10 Å². The van der Waals surface area contributed by atoms with Crippen LogP contribution >= 0.6 is 0 Å². The third-order valence-electron chi connectivity index (χ3n) is 4.72. The van der Waals surface area contributed by atoms with Gasteiger partial charge >= 0.3 is 29.6 Å². The third kappa shape index (κ3) is 5.50. The maximum atomic E-state index is 11.9. The topological polar surface area (TPSA) is 170 Å². The van der Waals surface area contributed by atoms with Gasteiger partial charge in [-0.25, -0.2) is 4.68 Å². The molecular formula is C19H21N4NaO7. The predicted octanol–water partition coefficient (Wildman–Crippen LogP) is -5.26. The summed E-state index contributed by atoms with van der Waals surface area (Å²) in [4.78, 5) is 23.4. The molecule has 0 fully saturated rings. The van der Waals surface area contributed by atoms with Gasteiger partial charge in [0.15, 0.2) is 0 Å². The number of nitrogens with one attached hydrogen (secondary N) is 1. The number of amides is 1. The minimum absolute atomic E-state index is 0. The van der Waals surface area contributed by atoms with Crippen LogP contribution in [0, 0.1) is 0 Å². The van der Waals surface area contributed by atoms with Gasteiger partial charge < -0.3 is 35.3 Å². The molecule has 0 aliphatic carbocycles. The van der Waals surface area contributed by atoms with E-state index in [2.05, 4.69) is 15.6 Å². The van der Waals surface area contributed by atoms with Gasteiger partial charge in [-0.05, 0) is 6.08 Å². The van der Waals surface area contributed by atoms with Crippen LogP contribution in [0.5, 0.6) is 0 Å². The van der Waals surface area contributed by atoms with E-state index in [1.54, 1.807) is 24.3 Å². The van der Waals surface area contributed by atoms with Crippen molar-refractivity contribution in [3.05, 3.63) is 48.4 Å². The van der Waals surface area contributed by atoms with E-state index in [0.29, 0.717) is 5.69 Å². The first-order valence-corrected chi connectivity index (χ1v) is 9.13. The molecular weight excluding hydrogens is 419 g/mol. The molecule has 0 unspecified atom stereocenters. The number of carbonyl (C=O) groups is 2. The number of carboxylic acids is 1. The summed E-state index contributed by atoms with van der Waals surface area (Å²) in [5, 5.41) is 51.6. The molecule has 3 rings (SSSR count). The van der Waals surface area contributed by atoms with Crippen molar-refractivity contribution in [2.24, 2.45) is 0 Å². The van der Waals surface area contributed by atoms with Crippen molar-refractivity contribution >= 4 is 11.9 Å². The second-order valence-electron chi connectivity index (χ2n) is 6.79. The minimum atomic E-state index is -1.72. The average molecular weight is 440 g/mol. The van der Waals surface area contributed by atoms with Crippen molar-refractivity contribution in [2.45, 2.75) is 37.3 Å². The molecule has 12 heteroatoms. The number of hydrogen-bond donors (Lipinski definition) is 4. The predicted molar refractivity (Wildman–Crippen MR) is 99.2 cm³/mol. The molecule has 0 saturated heterocycles. The molecule has 0 spiro atoms. The van der Waals surface area contributed by atoms with E-state index in [1.165, 1.54) is 23.9 Å². The zero-order valence-corrected chi connectivity index (χ0v) is 19.0. The van der Waals surface area contributed by atoms with Crippen molar-refractivity contribution < 1.29 is 64.3 Å². The average Bonchev–Trinajstić information content (AvgIpc) is 3.22. The zero-order valence-electron chi connectivity index (χ0n) is 17.0. The van der Waals surface area contributed by atoms with Crippen LogP contribution in [-0.4, -0.2) is 73.2 Å². The second-order valence-corrected chi connectivity index (χ2v) is 6.79. The fourth-order valence-electron chi connectivity index (χ4n) is 3.34. The molecule has 11 nitrogen and oxygen atoms in total. The molecule has 5 atom stereocenters. The summed E-state index contributed by atoms with van der Waals surface area (Å²) in [6, 6.07) is 7.01. The van der Waals surface area contributed by atoms with E-state index in [4.69, 9.17) is 4.74 Å². The van der Waals surface area contributed by atoms with Gasteiger partial charge in [0, 0.05) is 12.5 Å². The van der Waals surface area contributed by atoms with Crippen molar-refractivity contribution in [2.75, 3.05) is 6.61 Å².